The highest BCUT2D eigenvalue weighted by atomic mass is 16.5. The van der Waals surface area contributed by atoms with Crippen molar-refractivity contribution in [3.63, 3.8) is 0 Å². The molecule has 2 aromatic rings. The Kier molecular flexibility index (Phi) is 4.41. The molecule has 3 heterocycles. The minimum atomic E-state index is 0.404. The smallest absolute Gasteiger partial charge is 0.151 e. The molecule has 114 valence electrons. The molecule has 21 heavy (non-hydrogen) atoms. The summed E-state index contributed by atoms with van der Waals surface area (Å²) in [6.07, 6.45) is 5.48. The second-order valence-electron chi connectivity index (χ2n) is 5.49. The molecule has 0 aromatic carbocycles. The number of anilines is 1. The number of aromatic nitrogens is 2. The number of rotatable bonds is 5. The van der Waals surface area contributed by atoms with Crippen LogP contribution in [0.3, 0.4) is 0 Å². The average Bonchev–Trinajstić information content (AvgIpc) is 2.88. The average molecular weight is 288 g/mol. The van der Waals surface area contributed by atoms with Crippen molar-refractivity contribution in [2.75, 3.05) is 31.1 Å². The molecular formula is C16H24N4O. The number of imidazole rings is 1. The van der Waals surface area contributed by atoms with Gasteiger partial charge in [0.25, 0.3) is 0 Å². The minimum Gasteiger partial charge on any atom is -0.378 e. The molecule has 5 nitrogen and oxygen atoms in total. The molecule has 0 saturated carbocycles. The number of nitrogens with zero attached hydrogens (tertiary/aromatic N) is 3. The second-order valence-corrected chi connectivity index (χ2v) is 5.49. The first-order valence-corrected chi connectivity index (χ1v) is 7.86. The first kappa shape index (κ1) is 14.4. The molecule has 1 saturated heterocycles. The zero-order valence-electron chi connectivity index (χ0n) is 12.7. The quantitative estimate of drug-likeness (QED) is 0.912. The summed E-state index contributed by atoms with van der Waals surface area (Å²) >= 11 is 0. The van der Waals surface area contributed by atoms with Gasteiger partial charge < -0.3 is 19.8 Å². The van der Waals surface area contributed by atoms with Crippen molar-refractivity contribution in [2.24, 2.45) is 5.73 Å². The van der Waals surface area contributed by atoms with E-state index < -0.39 is 0 Å². The molecule has 2 N–H and O–H groups in total. The van der Waals surface area contributed by atoms with Gasteiger partial charge in [0.15, 0.2) is 5.82 Å². The Bertz CT molecular complexity index is 587. The molecule has 0 radical (unpaired) electrons. The predicted octanol–water partition coefficient (Wildman–Crippen LogP) is 1.84. The fourth-order valence-electron chi connectivity index (χ4n) is 3.13. The Morgan fingerprint density at radius 3 is 2.86 bits per heavy atom. The van der Waals surface area contributed by atoms with E-state index in [1.165, 1.54) is 5.69 Å². The standard InChI is InChI=1S/C16H24N4O/c1-2-21-13-7-11-19(12-8-13)16-14(6-9-17)20-10-4-3-5-15(20)18-16/h3-5,10,13H,2,6-9,11-12,17H2,1H3. The zero-order chi connectivity index (χ0) is 14.7. The maximum atomic E-state index is 5.79. The van der Waals surface area contributed by atoms with E-state index in [0.29, 0.717) is 12.6 Å². The number of ether oxygens (including phenoxy) is 1. The maximum Gasteiger partial charge on any atom is 0.151 e. The summed E-state index contributed by atoms with van der Waals surface area (Å²) in [4.78, 5) is 7.20. The Balaban J connectivity index is 1.85. The highest BCUT2D eigenvalue weighted by molar-refractivity contribution is 5.56. The lowest BCUT2D eigenvalue weighted by Gasteiger charge is -2.32. The van der Waals surface area contributed by atoms with E-state index in [2.05, 4.69) is 28.5 Å². The van der Waals surface area contributed by atoms with Gasteiger partial charge in [-0.1, -0.05) is 6.07 Å². The molecule has 0 spiro atoms. The van der Waals surface area contributed by atoms with Crippen molar-refractivity contribution >= 4 is 11.5 Å². The van der Waals surface area contributed by atoms with E-state index in [1.54, 1.807) is 0 Å². The lowest BCUT2D eigenvalue weighted by molar-refractivity contribution is 0.0458. The Labute approximate surface area is 125 Å². The van der Waals surface area contributed by atoms with Crippen LogP contribution in [-0.4, -0.2) is 41.7 Å². The summed E-state index contributed by atoms with van der Waals surface area (Å²) in [5, 5.41) is 0. The van der Waals surface area contributed by atoms with Crippen LogP contribution in [0, 0.1) is 0 Å². The molecule has 0 aliphatic carbocycles. The van der Waals surface area contributed by atoms with E-state index in [9.17, 15) is 0 Å². The van der Waals surface area contributed by atoms with Crippen LogP contribution in [0.4, 0.5) is 5.82 Å². The third-order valence-electron chi connectivity index (χ3n) is 4.13. The predicted molar refractivity (Wildman–Crippen MR) is 84.8 cm³/mol. The van der Waals surface area contributed by atoms with Crippen LogP contribution in [0.1, 0.15) is 25.5 Å². The number of hydrogen-bond donors (Lipinski definition) is 1. The van der Waals surface area contributed by atoms with Crippen LogP contribution in [0.2, 0.25) is 0 Å². The molecule has 1 fully saturated rings. The topological polar surface area (TPSA) is 55.8 Å². The summed E-state index contributed by atoms with van der Waals surface area (Å²) in [5.41, 5.74) is 8.02. The van der Waals surface area contributed by atoms with Crippen LogP contribution < -0.4 is 10.6 Å². The van der Waals surface area contributed by atoms with Crippen LogP contribution in [0.25, 0.3) is 5.65 Å². The highest BCUT2D eigenvalue weighted by Crippen LogP contribution is 2.26. The molecule has 0 unspecified atom stereocenters. The molecule has 1 aliphatic heterocycles. The summed E-state index contributed by atoms with van der Waals surface area (Å²) in [7, 11) is 0. The monoisotopic (exact) mass is 288 g/mol. The number of nitrogens with two attached hydrogens (primary N) is 1. The van der Waals surface area contributed by atoms with Gasteiger partial charge in [0.2, 0.25) is 0 Å². The molecule has 1 aliphatic rings. The third kappa shape index (κ3) is 2.89. The fourth-order valence-corrected chi connectivity index (χ4v) is 3.13. The molecule has 0 bridgehead atoms. The van der Waals surface area contributed by atoms with Crippen LogP contribution >= 0.6 is 0 Å². The van der Waals surface area contributed by atoms with Gasteiger partial charge in [-0.2, -0.15) is 0 Å². The van der Waals surface area contributed by atoms with E-state index >= 15 is 0 Å². The molecular weight excluding hydrogens is 264 g/mol. The number of hydrogen-bond acceptors (Lipinski definition) is 4. The zero-order valence-corrected chi connectivity index (χ0v) is 12.7. The lowest BCUT2D eigenvalue weighted by atomic mass is 10.1. The SMILES string of the molecule is CCOC1CCN(c2nc3ccccn3c2CCN)CC1. The van der Waals surface area contributed by atoms with Gasteiger partial charge in [-0.25, -0.2) is 4.98 Å². The van der Waals surface area contributed by atoms with Gasteiger partial charge in [-0.15, -0.1) is 0 Å². The van der Waals surface area contributed by atoms with E-state index in [0.717, 1.165) is 50.4 Å². The van der Waals surface area contributed by atoms with Crippen LogP contribution in [-0.2, 0) is 11.2 Å². The molecule has 5 heteroatoms. The lowest BCUT2D eigenvalue weighted by Crippen LogP contribution is -2.37. The number of pyridine rings is 1. The maximum absolute atomic E-state index is 5.79. The minimum absolute atomic E-state index is 0.404. The fraction of sp³-hybridized carbons (Fsp3) is 0.562. The van der Waals surface area contributed by atoms with E-state index in [-0.39, 0.29) is 0 Å². The molecule has 0 atom stereocenters. The van der Waals surface area contributed by atoms with Gasteiger partial charge in [0.05, 0.1) is 11.8 Å². The van der Waals surface area contributed by atoms with Crippen molar-refractivity contribution < 1.29 is 4.74 Å². The number of piperidine rings is 1. The molecule has 0 amide bonds. The van der Waals surface area contributed by atoms with Gasteiger partial charge in [-0.3, -0.25) is 0 Å². The number of fused-ring (bicyclic) bond motifs is 1. The van der Waals surface area contributed by atoms with Crippen molar-refractivity contribution in [3.05, 3.63) is 30.1 Å². The highest BCUT2D eigenvalue weighted by Gasteiger charge is 2.23. The van der Waals surface area contributed by atoms with Crippen molar-refractivity contribution in [3.8, 4) is 0 Å². The van der Waals surface area contributed by atoms with Crippen LogP contribution in [0.15, 0.2) is 24.4 Å². The second kappa shape index (κ2) is 6.45. The summed E-state index contributed by atoms with van der Waals surface area (Å²) in [6.45, 7) is 5.52. The van der Waals surface area contributed by atoms with E-state index in [4.69, 9.17) is 15.5 Å². The van der Waals surface area contributed by atoms with Gasteiger partial charge >= 0.3 is 0 Å². The van der Waals surface area contributed by atoms with Crippen molar-refractivity contribution in [1.82, 2.24) is 9.38 Å². The first-order valence-electron chi connectivity index (χ1n) is 7.86. The summed E-state index contributed by atoms with van der Waals surface area (Å²) in [6, 6.07) is 6.12. The molecule has 3 rings (SSSR count). The Hall–Kier alpha value is -1.59. The van der Waals surface area contributed by atoms with Crippen molar-refractivity contribution in [2.45, 2.75) is 32.3 Å². The Morgan fingerprint density at radius 2 is 2.14 bits per heavy atom. The van der Waals surface area contributed by atoms with E-state index in [1.807, 2.05) is 12.1 Å². The first-order chi connectivity index (χ1) is 10.3. The van der Waals surface area contributed by atoms with Gasteiger partial charge in [-0.05, 0) is 38.4 Å². The van der Waals surface area contributed by atoms with Crippen molar-refractivity contribution in [1.29, 1.82) is 0 Å². The molecule has 2 aromatic heterocycles. The summed E-state index contributed by atoms with van der Waals surface area (Å²) in [5.74, 6) is 1.10. The largest absolute Gasteiger partial charge is 0.378 e. The normalized spacial score (nSPS) is 16.8. The summed E-state index contributed by atoms with van der Waals surface area (Å²) < 4.78 is 7.89. The Morgan fingerprint density at radius 1 is 1.33 bits per heavy atom. The van der Waals surface area contributed by atoms with Gasteiger partial charge in [0, 0.05) is 32.3 Å². The van der Waals surface area contributed by atoms with Crippen LogP contribution in [0.5, 0.6) is 0 Å². The van der Waals surface area contributed by atoms with Gasteiger partial charge in [0.1, 0.15) is 5.65 Å². The third-order valence-corrected chi connectivity index (χ3v) is 4.13.